The van der Waals surface area contributed by atoms with E-state index in [4.69, 9.17) is 23.2 Å². The summed E-state index contributed by atoms with van der Waals surface area (Å²) < 4.78 is 0. The molecule has 0 aromatic heterocycles. The van der Waals surface area contributed by atoms with E-state index in [1.165, 1.54) is 25.1 Å². The highest BCUT2D eigenvalue weighted by Gasteiger charge is 2.54. The van der Waals surface area contributed by atoms with Crippen LogP contribution in [0.3, 0.4) is 0 Å². The van der Waals surface area contributed by atoms with E-state index in [1.807, 2.05) is 6.92 Å². The first-order chi connectivity index (χ1) is 16.1. The molecule has 0 spiro atoms. The molecule has 2 aromatic rings. The molecule has 0 radical (unpaired) electrons. The van der Waals surface area contributed by atoms with Crippen LogP contribution in [0.2, 0.25) is 10.0 Å². The number of nitrogens with zero attached hydrogens (tertiary/aromatic N) is 2. The van der Waals surface area contributed by atoms with Gasteiger partial charge in [0, 0.05) is 10.6 Å². The first-order valence-corrected chi connectivity index (χ1v) is 12.1. The van der Waals surface area contributed by atoms with Crippen molar-refractivity contribution in [3.05, 3.63) is 69.2 Å². The van der Waals surface area contributed by atoms with Crippen molar-refractivity contribution in [2.24, 2.45) is 17.8 Å². The monoisotopic (exact) mass is 500 g/mol. The maximum atomic E-state index is 13.8. The number of hydrogen-bond acceptors (Lipinski definition) is 4. The highest BCUT2D eigenvalue weighted by molar-refractivity contribution is 6.36. The number of hydrogen-bond donors (Lipinski definition) is 0. The van der Waals surface area contributed by atoms with Crippen LogP contribution in [0.25, 0.3) is 0 Å². The Labute approximate surface area is 208 Å². The van der Waals surface area contributed by atoms with Crippen LogP contribution in [0.1, 0.15) is 59.4 Å². The Morgan fingerprint density at radius 1 is 1.00 bits per heavy atom. The second-order valence-electron chi connectivity index (χ2n) is 9.30. The number of aryl methyl sites for hydroxylation is 1. The van der Waals surface area contributed by atoms with Gasteiger partial charge in [-0.1, -0.05) is 60.0 Å². The van der Waals surface area contributed by atoms with Gasteiger partial charge in [-0.3, -0.25) is 19.2 Å². The fraction of sp³-hybridized carbons (Fsp3) is 0.385. The minimum Gasteiger partial charge on any atom is -0.292 e. The van der Waals surface area contributed by atoms with Crippen molar-refractivity contribution in [3.63, 3.8) is 0 Å². The van der Waals surface area contributed by atoms with Gasteiger partial charge in [-0.25, -0.2) is 5.01 Å². The number of rotatable bonds is 5. The molecule has 1 aliphatic carbocycles. The lowest BCUT2D eigenvalue weighted by molar-refractivity contribution is -0.156. The summed E-state index contributed by atoms with van der Waals surface area (Å²) in [5, 5.41) is 2.30. The van der Waals surface area contributed by atoms with Crippen molar-refractivity contribution in [1.29, 1.82) is 0 Å². The van der Waals surface area contributed by atoms with Crippen LogP contribution in [-0.2, 0) is 9.59 Å². The van der Waals surface area contributed by atoms with Crippen molar-refractivity contribution < 1.29 is 19.2 Å². The molecular weight excluding hydrogens is 475 g/mol. The van der Waals surface area contributed by atoms with Gasteiger partial charge in [0.15, 0.2) is 5.78 Å². The number of halogens is 2. The topological polar surface area (TPSA) is 74.8 Å². The number of amides is 3. The molecule has 1 saturated heterocycles. The number of Topliss-reactive ketones (excluding diaryl/α,β-unsaturated/α-hetero) is 1. The van der Waals surface area contributed by atoms with E-state index in [9.17, 15) is 19.2 Å². The first kappa shape index (κ1) is 24.4. The van der Waals surface area contributed by atoms with Gasteiger partial charge < -0.3 is 0 Å². The van der Waals surface area contributed by atoms with Gasteiger partial charge in [0.25, 0.3) is 17.7 Å². The summed E-state index contributed by atoms with van der Waals surface area (Å²) in [5.41, 5.74) is 1.41. The van der Waals surface area contributed by atoms with Crippen LogP contribution in [0.5, 0.6) is 0 Å². The summed E-state index contributed by atoms with van der Waals surface area (Å²) in [6.45, 7) is 5.48. The van der Waals surface area contributed by atoms with E-state index in [0.29, 0.717) is 29.3 Å². The number of ketones is 1. The molecule has 2 aliphatic rings. The summed E-state index contributed by atoms with van der Waals surface area (Å²) in [6, 6.07) is 10.2. The predicted molar refractivity (Wildman–Crippen MR) is 129 cm³/mol. The Morgan fingerprint density at radius 2 is 1.65 bits per heavy atom. The lowest BCUT2D eigenvalue weighted by Gasteiger charge is -2.35. The average Bonchev–Trinajstić information content (AvgIpc) is 3.03. The zero-order valence-corrected chi connectivity index (χ0v) is 20.8. The van der Waals surface area contributed by atoms with Crippen molar-refractivity contribution in [1.82, 2.24) is 10.0 Å². The van der Waals surface area contributed by atoms with Gasteiger partial charge in [-0.2, -0.15) is 5.01 Å². The van der Waals surface area contributed by atoms with Gasteiger partial charge in [-0.05, 0) is 57.2 Å². The largest absolute Gasteiger partial charge is 0.292 e. The number of benzene rings is 2. The normalized spacial score (nSPS) is 23.0. The minimum absolute atomic E-state index is 0.0541. The summed E-state index contributed by atoms with van der Waals surface area (Å²) in [6.07, 6.45) is 2.00. The maximum absolute atomic E-state index is 13.8. The van der Waals surface area contributed by atoms with Crippen LogP contribution in [0, 0.1) is 24.7 Å². The van der Waals surface area contributed by atoms with Crippen LogP contribution >= 0.6 is 23.2 Å². The third-order valence-corrected chi connectivity index (χ3v) is 7.38. The molecule has 4 rings (SSSR count). The molecule has 2 aromatic carbocycles. The quantitative estimate of drug-likeness (QED) is 0.409. The molecule has 34 heavy (non-hydrogen) atoms. The third-order valence-electron chi connectivity index (χ3n) is 6.83. The molecule has 8 heteroatoms. The zero-order chi connectivity index (χ0) is 24.7. The second-order valence-corrected chi connectivity index (χ2v) is 10.1. The second kappa shape index (κ2) is 9.51. The zero-order valence-electron chi connectivity index (χ0n) is 19.3. The molecule has 0 N–H and O–H groups in total. The Morgan fingerprint density at radius 3 is 2.29 bits per heavy atom. The van der Waals surface area contributed by atoms with Crippen molar-refractivity contribution in [3.8, 4) is 0 Å². The predicted octanol–water partition coefficient (Wildman–Crippen LogP) is 5.35. The van der Waals surface area contributed by atoms with Crippen LogP contribution in [0.4, 0.5) is 0 Å². The third kappa shape index (κ3) is 4.37. The molecule has 1 heterocycles. The van der Waals surface area contributed by atoms with E-state index in [0.717, 1.165) is 22.0 Å². The highest BCUT2D eigenvalue weighted by Crippen LogP contribution is 2.42. The maximum Gasteiger partial charge on any atom is 0.275 e. The Balaban J connectivity index is 1.77. The van der Waals surface area contributed by atoms with Gasteiger partial charge >= 0.3 is 0 Å². The smallest absolute Gasteiger partial charge is 0.275 e. The summed E-state index contributed by atoms with van der Waals surface area (Å²) in [4.78, 5) is 54.1. The molecule has 178 valence electrons. The van der Waals surface area contributed by atoms with Crippen molar-refractivity contribution in [2.75, 3.05) is 0 Å². The standard InChI is InChI=1S/C26H26Cl2N2O4/c1-14-4-7-17(8-5-14)23(31)16(3)29(25(33)20-11-9-18(27)13-22(20)28)30-24(32)19-10-6-15(2)12-21(19)26(30)34/h4-5,7-9,11,13,15-16,19,21H,6,10,12H2,1-3H3/t15-,16+,19-,21-/m1/s1. The van der Waals surface area contributed by atoms with Crippen LogP contribution in [0.15, 0.2) is 42.5 Å². The Hall–Kier alpha value is -2.70. The number of imide groups is 1. The Kier molecular flexibility index (Phi) is 6.83. The molecule has 4 atom stereocenters. The number of fused-ring (bicyclic) bond motifs is 1. The molecule has 6 nitrogen and oxygen atoms in total. The van der Waals surface area contributed by atoms with Crippen LogP contribution in [-0.4, -0.2) is 39.6 Å². The van der Waals surface area contributed by atoms with E-state index >= 15 is 0 Å². The van der Waals surface area contributed by atoms with E-state index in [2.05, 4.69) is 6.92 Å². The first-order valence-electron chi connectivity index (χ1n) is 11.4. The average molecular weight is 501 g/mol. The Bertz CT molecular complexity index is 1160. The van der Waals surface area contributed by atoms with E-state index < -0.39 is 35.6 Å². The number of hydrazine groups is 1. The van der Waals surface area contributed by atoms with Gasteiger partial charge in [0.2, 0.25) is 0 Å². The molecule has 1 saturated carbocycles. The lowest BCUT2D eigenvalue weighted by Crippen LogP contribution is -2.56. The SMILES string of the molecule is Cc1ccc(C(=O)[C@H](C)N(C(=O)c2ccc(Cl)cc2Cl)N2C(=O)[C@@H]3CC[C@@H](C)C[C@H]3C2=O)cc1. The molecule has 0 bridgehead atoms. The van der Waals surface area contributed by atoms with Gasteiger partial charge in [0.1, 0.15) is 6.04 Å². The molecule has 0 unspecified atom stereocenters. The van der Waals surface area contributed by atoms with Gasteiger partial charge in [-0.15, -0.1) is 0 Å². The van der Waals surface area contributed by atoms with Crippen molar-refractivity contribution >= 4 is 46.7 Å². The fourth-order valence-electron chi connectivity index (χ4n) is 4.88. The van der Waals surface area contributed by atoms with E-state index in [-0.39, 0.29) is 16.4 Å². The summed E-state index contributed by atoms with van der Waals surface area (Å²) in [5.74, 6) is -2.65. The van der Waals surface area contributed by atoms with E-state index in [1.54, 1.807) is 24.3 Å². The fourth-order valence-corrected chi connectivity index (χ4v) is 5.37. The van der Waals surface area contributed by atoms with Gasteiger partial charge in [0.05, 0.1) is 22.4 Å². The molecule has 1 aliphatic heterocycles. The lowest BCUT2D eigenvalue weighted by atomic mass is 9.76. The molecule has 3 amide bonds. The van der Waals surface area contributed by atoms with Crippen molar-refractivity contribution in [2.45, 2.75) is 46.1 Å². The summed E-state index contributed by atoms with van der Waals surface area (Å²) >= 11 is 12.3. The molecular formula is C26H26Cl2N2O4. The number of carbonyl (C=O) groups excluding carboxylic acids is 4. The molecule has 2 fully saturated rings. The number of carbonyl (C=O) groups is 4. The van der Waals surface area contributed by atoms with Crippen LogP contribution < -0.4 is 0 Å². The summed E-state index contributed by atoms with van der Waals surface area (Å²) in [7, 11) is 0. The minimum atomic E-state index is -1.12. The highest BCUT2D eigenvalue weighted by atomic mass is 35.5.